The van der Waals surface area contributed by atoms with Gasteiger partial charge in [-0.05, 0) is 45.4 Å². The second kappa shape index (κ2) is 29.4. The third kappa shape index (κ3) is 29.2. The quantitative estimate of drug-likeness (QED) is 0.0425. The van der Waals surface area contributed by atoms with Crippen LogP contribution in [0.2, 0.25) is 0 Å². The maximum Gasteiger partial charge on any atom is 0.373 e. The smallest absolute Gasteiger partial charge is 0.373 e. The lowest BCUT2D eigenvalue weighted by Crippen LogP contribution is -2.44. The zero-order valence-electron chi connectivity index (χ0n) is 28.0. The normalized spacial score (nSPS) is 14.4. The van der Waals surface area contributed by atoms with Crippen molar-refractivity contribution in [1.29, 1.82) is 0 Å². The number of aliphatic hydroxyl groups excluding tert-OH is 2. The third-order valence-electron chi connectivity index (χ3n) is 7.68. The highest BCUT2D eigenvalue weighted by Gasteiger charge is 2.34. The van der Waals surface area contributed by atoms with Crippen molar-refractivity contribution in [3.8, 4) is 0 Å². The summed E-state index contributed by atoms with van der Waals surface area (Å²) in [4.78, 5) is 22.5. The molecule has 0 aromatic heterocycles. The van der Waals surface area contributed by atoms with Gasteiger partial charge in [0.25, 0.3) is 5.78 Å². The van der Waals surface area contributed by atoms with E-state index in [9.17, 15) is 24.5 Å². The molecule has 6 nitrogen and oxygen atoms in total. The van der Waals surface area contributed by atoms with Crippen LogP contribution in [0.1, 0.15) is 162 Å². The van der Waals surface area contributed by atoms with Gasteiger partial charge in [-0.2, -0.15) is 0 Å². The van der Waals surface area contributed by atoms with Crippen LogP contribution < -0.4 is 4.89 Å². The molecule has 0 aromatic carbocycles. The SMILES string of the molecule is CCCCCC([P+](=O)[O-])[N+](C)(C)C.CCCCCCCCC=CCCCCCCCCCCCC(=O)C(O)C(C)O. The van der Waals surface area contributed by atoms with Crippen molar-refractivity contribution in [3.05, 3.63) is 12.2 Å². The minimum Gasteiger partial charge on any atom is -0.591 e. The van der Waals surface area contributed by atoms with Crippen molar-refractivity contribution < 1.29 is 28.9 Å². The zero-order chi connectivity index (χ0) is 31.4. The van der Waals surface area contributed by atoms with Crippen molar-refractivity contribution in [2.45, 2.75) is 180 Å². The van der Waals surface area contributed by atoms with E-state index in [1.165, 1.54) is 103 Å². The van der Waals surface area contributed by atoms with Crippen LogP contribution >= 0.6 is 8.03 Å². The van der Waals surface area contributed by atoms with Gasteiger partial charge < -0.3 is 15.1 Å². The number of unbranched alkanes of at least 4 members (excludes halogenated alkanes) is 17. The Morgan fingerprint density at radius 1 is 0.707 bits per heavy atom. The summed E-state index contributed by atoms with van der Waals surface area (Å²) in [6.45, 7) is 5.85. The molecule has 0 aliphatic heterocycles. The molecule has 0 fully saturated rings. The Morgan fingerprint density at radius 3 is 1.49 bits per heavy atom. The summed E-state index contributed by atoms with van der Waals surface area (Å²) in [5.41, 5.74) is 0. The van der Waals surface area contributed by atoms with Gasteiger partial charge in [-0.3, -0.25) is 9.28 Å². The lowest BCUT2D eigenvalue weighted by Gasteiger charge is -2.27. The number of Topliss-reactive ketones (excluding diaryl/α,β-unsaturated/α-hetero) is 1. The van der Waals surface area contributed by atoms with Crippen molar-refractivity contribution in [2.24, 2.45) is 0 Å². The molecule has 244 valence electrons. The van der Waals surface area contributed by atoms with E-state index in [0.717, 1.165) is 38.5 Å². The summed E-state index contributed by atoms with van der Waals surface area (Å²) in [5, 5.41) is 18.6. The molecule has 0 bridgehead atoms. The van der Waals surface area contributed by atoms with E-state index < -0.39 is 20.2 Å². The highest BCUT2D eigenvalue weighted by atomic mass is 31.1. The Kier molecular flexibility index (Phi) is 30.5. The number of carbonyl (C=O) groups is 1. The number of quaternary nitrogens is 1. The largest absolute Gasteiger partial charge is 0.591 e. The van der Waals surface area contributed by atoms with E-state index in [0.29, 0.717) is 10.9 Å². The summed E-state index contributed by atoms with van der Waals surface area (Å²) in [6, 6.07) is 0. The predicted octanol–water partition coefficient (Wildman–Crippen LogP) is 8.60. The van der Waals surface area contributed by atoms with Crippen LogP contribution in [-0.4, -0.2) is 59.6 Å². The molecular formula is C34H69NO5P+. The van der Waals surface area contributed by atoms with E-state index in [1.807, 2.05) is 21.1 Å². The first-order valence-electron chi connectivity index (χ1n) is 17.0. The molecule has 0 aliphatic rings. The number of hydrogen-bond acceptors (Lipinski definition) is 5. The van der Waals surface area contributed by atoms with Gasteiger partial charge in [-0.25, -0.2) is 0 Å². The average molecular weight is 603 g/mol. The molecule has 0 radical (unpaired) electrons. The second-order valence-corrected chi connectivity index (χ2v) is 13.9. The number of allylic oxidation sites excluding steroid dienone is 2. The van der Waals surface area contributed by atoms with Crippen LogP contribution in [0.5, 0.6) is 0 Å². The first-order chi connectivity index (χ1) is 19.5. The number of nitrogens with zero attached hydrogens (tertiary/aromatic N) is 1. The Labute approximate surface area is 255 Å². The standard InChI is InChI=1S/C25H48O3.C9H21NO2P/c1-3-4-5-6-7-8-9-10-11-12-13-14-15-16-17-18-19-20-21-22-24(27)25(28)23(2)26;1-5-6-7-8-9(13(11)12)10(2,3)4/h10-11,23,25-26,28H,3-9,12-22H2,1-2H3;9H,5-8H2,1-4H3/q;+1. The van der Waals surface area contributed by atoms with Crippen LogP contribution in [0.25, 0.3) is 0 Å². The van der Waals surface area contributed by atoms with E-state index >= 15 is 0 Å². The van der Waals surface area contributed by atoms with Crippen LogP contribution in [0.3, 0.4) is 0 Å². The molecule has 0 aliphatic carbocycles. The maximum absolute atomic E-state index is 11.6. The molecule has 2 N–H and O–H groups in total. The monoisotopic (exact) mass is 602 g/mol. The van der Waals surface area contributed by atoms with Gasteiger partial charge >= 0.3 is 8.03 Å². The molecule has 41 heavy (non-hydrogen) atoms. The molecule has 0 amide bonds. The summed E-state index contributed by atoms with van der Waals surface area (Å²) < 4.78 is 11.5. The van der Waals surface area contributed by atoms with Crippen LogP contribution in [0.15, 0.2) is 12.2 Å². The van der Waals surface area contributed by atoms with Gasteiger partial charge in [0.05, 0.1) is 27.2 Å². The Morgan fingerprint density at radius 2 is 1.10 bits per heavy atom. The summed E-state index contributed by atoms with van der Waals surface area (Å²) in [6.07, 6.45) is 28.7. The highest BCUT2D eigenvalue weighted by Crippen LogP contribution is 2.29. The molecule has 0 rings (SSSR count). The summed E-state index contributed by atoms with van der Waals surface area (Å²) in [5.74, 6) is -0.447. The van der Waals surface area contributed by atoms with E-state index in [2.05, 4.69) is 26.0 Å². The van der Waals surface area contributed by atoms with Gasteiger partial charge in [0.1, 0.15) is 6.10 Å². The molecule has 0 saturated carbocycles. The first-order valence-corrected chi connectivity index (χ1v) is 18.2. The van der Waals surface area contributed by atoms with Gasteiger partial charge in [0, 0.05) is 12.8 Å². The number of aliphatic hydroxyl groups is 2. The number of hydrogen-bond donors (Lipinski definition) is 2. The molecule has 0 aromatic rings. The first kappa shape index (κ1) is 42.5. The minimum atomic E-state index is -2.30. The van der Waals surface area contributed by atoms with E-state index in [-0.39, 0.29) is 11.6 Å². The lowest BCUT2D eigenvalue weighted by molar-refractivity contribution is -0.883. The number of carbonyl (C=O) groups excluding carboxylic acids is 1. The van der Waals surface area contributed by atoms with E-state index in [4.69, 9.17) is 0 Å². The summed E-state index contributed by atoms with van der Waals surface area (Å²) >= 11 is 0. The molecular weight excluding hydrogens is 533 g/mol. The van der Waals surface area contributed by atoms with Crippen LogP contribution in [-0.2, 0) is 9.36 Å². The Hall–Kier alpha value is -0.650. The van der Waals surface area contributed by atoms with Crippen LogP contribution in [0, 0.1) is 0 Å². The highest BCUT2D eigenvalue weighted by molar-refractivity contribution is 7.37. The van der Waals surface area contributed by atoms with Crippen molar-refractivity contribution >= 4 is 13.8 Å². The lowest BCUT2D eigenvalue weighted by atomic mass is 10.0. The van der Waals surface area contributed by atoms with Gasteiger partial charge in [-0.15, -0.1) is 0 Å². The van der Waals surface area contributed by atoms with Crippen molar-refractivity contribution in [1.82, 2.24) is 0 Å². The van der Waals surface area contributed by atoms with Gasteiger partial charge in [-0.1, -0.05) is 120 Å². The van der Waals surface area contributed by atoms with E-state index in [1.54, 1.807) is 0 Å². The number of rotatable bonds is 27. The summed E-state index contributed by atoms with van der Waals surface area (Å²) in [7, 11) is 3.50. The average Bonchev–Trinajstić information content (AvgIpc) is 2.91. The minimum absolute atomic E-state index is 0.221. The fourth-order valence-electron chi connectivity index (χ4n) is 4.85. The molecule has 0 saturated heterocycles. The fourth-order valence-corrected chi connectivity index (χ4v) is 5.81. The topological polar surface area (TPSA) is 97.7 Å². The van der Waals surface area contributed by atoms with Crippen LogP contribution in [0.4, 0.5) is 0 Å². The van der Waals surface area contributed by atoms with Crippen molar-refractivity contribution in [3.63, 3.8) is 0 Å². The Bertz CT molecular complexity index is 633. The molecule has 4 unspecified atom stereocenters. The predicted molar refractivity (Wildman–Crippen MR) is 174 cm³/mol. The molecule has 0 spiro atoms. The second-order valence-electron chi connectivity index (χ2n) is 12.8. The van der Waals surface area contributed by atoms with Gasteiger partial charge in [0.15, 0.2) is 5.78 Å². The zero-order valence-corrected chi connectivity index (χ0v) is 28.9. The third-order valence-corrected chi connectivity index (χ3v) is 9.11. The van der Waals surface area contributed by atoms with Gasteiger partial charge in [0.2, 0.25) is 0 Å². The maximum atomic E-state index is 11.6. The number of ketones is 1. The molecule has 7 heteroatoms. The van der Waals surface area contributed by atoms with Crippen molar-refractivity contribution in [2.75, 3.05) is 21.1 Å². The molecule has 0 heterocycles. The fraction of sp³-hybridized carbons (Fsp3) is 0.912. The molecule has 4 atom stereocenters. The Balaban J connectivity index is 0.